The molecule has 0 aliphatic heterocycles. The Hall–Kier alpha value is -1.85. The Balaban J connectivity index is 1.69. The molecule has 0 fully saturated rings. The fourth-order valence-electron chi connectivity index (χ4n) is 2.52. The highest BCUT2D eigenvalue weighted by atomic mass is 79.9. The fourth-order valence-corrected chi connectivity index (χ4v) is 2.84. The number of carbonyl (C=O) groups excluding carboxylic acids is 1. The van der Waals surface area contributed by atoms with Gasteiger partial charge in [-0.3, -0.25) is 4.79 Å². The Morgan fingerprint density at radius 1 is 1.33 bits per heavy atom. The van der Waals surface area contributed by atoms with Crippen molar-refractivity contribution in [2.45, 2.75) is 18.6 Å². The Bertz CT molecular complexity index is 692. The summed E-state index contributed by atoms with van der Waals surface area (Å²) in [6.07, 6.45) is 2.97. The molecule has 1 aliphatic carbocycles. The van der Waals surface area contributed by atoms with Crippen molar-refractivity contribution >= 4 is 27.9 Å². The molecule has 1 aromatic heterocycles. The molecule has 4 nitrogen and oxygen atoms in total. The number of aliphatic hydroxyl groups excluding tert-OH is 1. The van der Waals surface area contributed by atoms with Crippen molar-refractivity contribution in [1.82, 2.24) is 5.32 Å². The normalized spacial score (nSPS) is 20.7. The molecular formula is C16H14BrNO3. The molecule has 1 heterocycles. The maximum absolute atomic E-state index is 12.0. The molecule has 1 amide bonds. The Labute approximate surface area is 130 Å². The Kier molecular flexibility index (Phi) is 3.94. The van der Waals surface area contributed by atoms with Crippen LogP contribution in [0.3, 0.4) is 0 Å². The highest BCUT2D eigenvalue weighted by molar-refractivity contribution is 9.10. The quantitative estimate of drug-likeness (QED) is 0.839. The molecule has 2 N–H and O–H groups in total. The van der Waals surface area contributed by atoms with Crippen LogP contribution < -0.4 is 5.32 Å². The number of amides is 1. The van der Waals surface area contributed by atoms with Crippen molar-refractivity contribution in [2.24, 2.45) is 0 Å². The van der Waals surface area contributed by atoms with Crippen LogP contribution in [0.2, 0.25) is 0 Å². The van der Waals surface area contributed by atoms with Crippen LogP contribution in [-0.2, 0) is 11.2 Å². The van der Waals surface area contributed by atoms with E-state index >= 15 is 0 Å². The molecule has 0 saturated heterocycles. The first-order valence-electron chi connectivity index (χ1n) is 6.63. The number of nitrogens with one attached hydrogen (secondary N) is 1. The molecule has 0 spiro atoms. The lowest BCUT2D eigenvalue weighted by molar-refractivity contribution is -0.117. The second-order valence-corrected chi connectivity index (χ2v) is 5.71. The van der Waals surface area contributed by atoms with E-state index in [0.29, 0.717) is 16.9 Å². The minimum atomic E-state index is -0.586. The minimum Gasteiger partial charge on any atom is -0.450 e. The summed E-state index contributed by atoms with van der Waals surface area (Å²) in [6, 6.07) is 10.9. The molecule has 5 heteroatoms. The smallest absolute Gasteiger partial charge is 0.244 e. The molecule has 1 aliphatic rings. The fraction of sp³-hybridized carbons (Fsp3) is 0.188. The second kappa shape index (κ2) is 5.87. The maximum atomic E-state index is 12.0. The van der Waals surface area contributed by atoms with Gasteiger partial charge in [-0.25, -0.2) is 0 Å². The van der Waals surface area contributed by atoms with Crippen molar-refractivity contribution in [3.8, 4) is 0 Å². The number of furan rings is 1. The SMILES string of the molecule is O=C(/C=C/c1ccc(Br)o1)NC1c2ccccc2CC1O. The lowest BCUT2D eigenvalue weighted by Gasteiger charge is -2.16. The maximum Gasteiger partial charge on any atom is 0.244 e. The van der Waals surface area contributed by atoms with Crippen LogP contribution in [0.1, 0.15) is 22.9 Å². The summed E-state index contributed by atoms with van der Waals surface area (Å²) in [4.78, 5) is 12.0. The van der Waals surface area contributed by atoms with E-state index in [0.717, 1.165) is 11.1 Å². The molecule has 21 heavy (non-hydrogen) atoms. The predicted octanol–water partition coefficient (Wildman–Crippen LogP) is 2.83. The van der Waals surface area contributed by atoms with Gasteiger partial charge in [0.2, 0.25) is 5.91 Å². The van der Waals surface area contributed by atoms with Crippen LogP contribution in [0.4, 0.5) is 0 Å². The van der Waals surface area contributed by atoms with Crippen molar-refractivity contribution in [3.63, 3.8) is 0 Å². The molecule has 0 radical (unpaired) electrons. The first-order valence-corrected chi connectivity index (χ1v) is 7.42. The summed E-state index contributed by atoms with van der Waals surface area (Å²) < 4.78 is 5.90. The molecule has 0 bridgehead atoms. The van der Waals surface area contributed by atoms with E-state index in [1.54, 1.807) is 18.2 Å². The van der Waals surface area contributed by atoms with E-state index in [1.807, 2.05) is 24.3 Å². The van der Waals surface area contributed by atoms with Crippen LogP contribution in [0.5, 0.6) is 0 Å². The lowest BCUT2D eigenvalue weighted by atomic mass is 10.1. The van der Waals surface area contributed by atoms with E-state index < -0.39 is 6.10 Å². The third-order valence-corrected chi connectivity index (χ3v) is 3.92. The molecule has 2 unspecified atom stereocenters. The van der Waals surface area contributed by atoms with Gasteiger partial charge >= 0.3 is 0 Å². The summed E-state index contributed by atoms with van der Waals surface area (Å²) in [5.41, 5.74) is 2.06. The zero-order valence-electron chi connectivity index (χ0n) is 11.1. The van der Waals surface area contributed by atoms with Gasteiger partial charge in [0.15, 0.2) is 4.67 Å². The Morgan fingerprint density at radius 3 is 2.90 bits per heavy atom. The van der Waals surface area contributed by atoms with Crippen LogP contribution >= 0.6 is 15.9 Å². The lowest BCUT2D eigenvalue weighted by Crippen LogP contribution is -2.32. The number of benzene rings is 1. The number of rotatable bonds is 3. The van der Waals surface area contributed by atoms with Gasteiger partial charge in [-0.1, -0.05) is 24.3 Å². The van der Waals surface area contributed by atoms with E-state index in [4.69, 9.17) is 4.42 Å². The van der Waals surface area contributed by atoms with Gasteiger partial charge in [-0.15, -0.1) is 0 Å². The molecule has 0 saturated carbocycles. The number of fused-ring (bicyclic) bond motifs is 1. The topological polar surface area (TPSA) is 62.5 Å². The number of halogens is 1. The molecule has 1 aromatic carbocycles. The van der Waals surface area contributed by atoms with Crippen molar-refractivity contribution in [2.75, 3.05) is 0 Å². The van der Waals surface area contributed by atoms with Gasteiger partial charge in [0, 0.05) is 12.5 Å². The minimum absolute atomic E-state index is 0.261. The van der Waals surface area contributed by atoms with Crippen LogP contribution in [-0.4, -0.2) is 17.1 Å². The van der Waals surface area contributed by atoms with Gasteiger partial charge in [0.1, 0.15) is 5.76 Å². The van der Waals surface area contributed by atoms with Gasteiger partial charge in [-0.2, -0.15) is 0 Å². The predicted molar refractivity (Wildman–Crippen MR) is 82.5 cm³/mol. The number of hydrogen-bond donors (Lipinski definition) is 2. The van der Waals surface area contributed by atoms with Gasteiger partial charge in [0.25, 0.3) is 0 Å². The second-order valence-electron chi connectivity index (χ2n) is 4.93. The summed E-state index contributed by atoms with van der Waals surface area (Å²) in [5, 5.41) is 12.9. The van der Waals surface area contributed by atoms with Crippen molar-refractivity contribution in [1.29, 1.82) is 0 Å². The van der Waals surface area contributed by atoms with Crippen molar-refractivity contribution in [3.05, 3.63) is 64.0 Å². The molecule has 3 rings (SSSR count). The average Bonchev–Trinajstić information content (AvgIpc) is 3.01. The molecule has 2 atom stereocenters. The van der Waals surface area contributed by atoms with Crippen LogP contribution in [0.25, 0.3) is 6.08 Å². The third-order valence-electron chi connectivity index (χ3n) is 3.49. The Morgan fingerprint density at radius 2 is 2.14 bits per heavy atom. The van der Waals surface area contributed by atoms with Gasteiger partial charge in [-0.05, 0) is 45.3 Å². The summed E-state index contributed by atoms with van der Waals surface area (Å²) in [5.74, 6) is 0.327. The first-order chi connectivity index (χ1) is 10.1. The van der Waals surface area contributed by atoms with Crippen LogP contribution in [0.15, 0.2) is 51.6 Å². The van der Waals surface area contributed by atoms with E-state index in [9.17, 15) is 9.90 Å². The van der Waals surface area contributed by atoms with Crippen LogP contribution in [0, 0.1) is 0 Å². The monoisotopic (exact) mass is 347 g/mol. The molecule has 108 valence electrons. The highest BCUT2D eigenvalue weighted by Crippen LogP contribution is 2.31. The summed E-state index contributed by atoms with van der Waals surface area (Å²) in [7, 11) is 0. The number of carbonyl (C=O) groups is 1. The van der Waals surface area contributed by atoms with E-state index in [1.165, 1.54) is 6.08 Å². The summed E-state index contributed by atoms with van der Waals surface area (Å²) >= 11 is 3.20. The number of aliphatic hydroxyl groups is 1. The molecule has 2 aromatic rings. The van der Waals surface area contributed by atoms with Gasteiger partial charge in [0.05, 0.1) is 12.1 Å². The molecular weight excluding hydrogens is 334 g/mol. The standard InChI is InChI=1S/C16H14BrNO3/c17-14-7-5-11(21-14)6-8-15(20)18-16-12-4-2-1-3-10(12)9-13(16)19/h1-8,13,16,19H,9H2,(H,18,20)/b8-6+. The number of hydrogen-bond acceptors (Lipinski definition) is 3. The average molecular weight is 348 g/mol. The van der Waals surface area contributed by atoms with Gasteiger partial charge < -0.3 is 14.8 Å². The summed E-state index contributed by atoms with van der Waals surface area (Å²) in [6.45, 7) is 0. The zero-order chi connectivity index (χ0) is 14.8. The van der Waals surface area contributed by atoms with E-state index in [-0.39, 0.29) is 11.9 Å². The largest absolute Gasteiger partial charge is 0.450 e. The van der Waals surface area contributed by atoms with Crippen molar-refractivity contribution < 1.29 is 14.3 Å². The zero-order valence-corrected chi connectivity index (χ0v) is 12.7. The first kappa shape index (κ1) is 14.1. The van der Waals surface area contributed by atoms with E-state index in [2.05, 4.69) is 21.2 Å². The highest BCUT2D eigenvalue weighted by Gasteiger charge is 2.31. The third kappa shape index (κ3) is 3.09.